The molecule has 0 spiro atoms. The first-order chi connectivity index (χ1) is 9.38. The number of rotatable bonds is 4. The average Bonchev–Trinajstić information content (AvgIpc) is 2.39. The van der Waals surface area contributed by atoms with Crippen molar-refractivity contribution >= 4 is 43.2 Å². The molecule has 0 aliphatic carbocycles. The largest absolute Gasteiger partial charge is 0.293 e. The third-order valence-electron chi connectivity index (χ3n) is 2.66. The van der Waals surface area contributed by atoms with Gasteiger partial charge < -0.3 is 0 Å². The lowest BCUT2D eigenvalue weighted by Crippen LogP contribution is -2.16. The zero-order chi connectivity index (χ0) is 14.8. The van der Waals surface area contributed by atoms with Crippen LogP contribution in [0.1, 0.15) is 10.4 Å². The fraction of sp³-hybridized carbons (Fsp3) is 0.0714. The van der Waals surface area contributed by atoms with E-state index in [2.05, 4.69) is 15.9 Å². The van der Waals surface area contributed by atoms with Crippen molar-refractivity contribution < 1.29 is 13.2 Å². The number of Topliss-reactive ketones (excluding diaryl/α,β-unsaturated/α-hetero) is 1. The van der Waals surface area contributed by atoms with Crippen LogP contribution in [-0.4, -0.2) is 20.0 Å². The first kappa shape index (κ1) is 15.2. The summed E-state index contributed by atoms with van der Waals surface area (Å²) in [5.74, 6) is -0.997. The number of hydrogen-bond acceptors (Lipinski definition) is 3. The molecule has 0 amide bonds. The molecule has 0 N–H and O–H groups in total. The lowest BCUT2D eigenvalue weighted by atomic mass is 10.2. The lowest BCUT2D eigenvalue weighted by molar-refractivity contribution is 0.102. The van der Waals surface area contributed by atoms with E-state index in [0.29, 0.717) is 10.6 Å². The van der Waals surface area contributed by atoms with Crippen LogP contribution in [0.3, 0.4) is 0 Å². The Kier molecular flexibility index (Phi) is 4.62. The Bertz CT molecular complexity index is 722. The Balaban J connectivity index is 2.22. The fourth-order valence-corrected chi connectivity index (χ4v) is 3.24. The molecule has 20 heavy (non-hydrogen) atoms. The van der Waals surface area contributed by atoms with Gasteiger partial charge in [0.05, 0.1) is 4.90 Å². The SMILES string of the molecule is O=C(CS(=O)(=O)c1ccc(Cl)cc1)c1ccc(Br)cc1. The number of carbonyl (C=O) groups excluding carboxylic acids is 1. The van der Waals surface area contributed by atoms with Gasteiger partial charge in [0, 0.05) is 15.1 Å². The molecule has 0 radical (unpaired) electrons. The van der Waals surface area contributed by atoms with Crippen LogP contribution in [-0.2, 0) is 9.84 Å². The summed E-state index contributed by atoms with van der Waals surface area (Å²) < 4.78 is 25.1. The summed E-state index contributed by atoms with van der Waals surface area (Å²) >= 11 is 8.97. The lowest BCUT2D eigenvalue weighted by Gasteiger charge is -2.04. The predicted octanol–water partition coefficient (Wildman–Crippen LogP) is 3.76. The van der Waals surface area contributed by atoms with Gasteiger partial charge in [-0.3, -0.25) is 4.79 Å². The maximum Gasteiger partial charge on any atom is 0.185 e. The third-order valence-corrected chi connectivity index (χ3v) is 5.07. The van der Waals surface area contributed by atoms with Crippen molar-refractivity contribution in [1.82, 2.24) is 0 Å². The van der Waals surface area contributed by atoms with E-state index in [-0.39, 0.29) is 4.90 Å². The summed E-state index contributed by atoms with van der Waals surface area (Å²) in [5.41, 5.74) is 0.366. The molecule has 2 aromatic rings. The number of halogens is 2. The highest BCUT2D eigenvalue weighted by Gasteiger charge is 2.20. The van der Waals surface area contributed by atoms with Gasteiger partial charge in [0.25, 0.3) is 0 Å². The molecule has 3 nitrogen and oxygen atoms in total. The Labute approximate surface area is 130 Å². The van der Waals surface area contributed by atoms with Crippen LogP contribution in [0.2, 0.25) is 5.02 Å². The van der Waals surface area contributed by atoms with Crippen LogP contribution in [0.15, 0.2) is 57.9 Å². The van der Waals surface area contributed by atoms with Gasteiger partial charge in [-0.1, -0.05) is 39.7 Å². The zero-order valence-electron chi connectivity index (χ0n) is 10.2. The Morgan fingerprint density at radius 2 is 1.55 bits per heavy atom. The van der Waals surface area contributed by atoms with Crippen molar-refractivity contribution in [2.75, 3.05) is 5.75 Å². The molecule has 0 saturated carbocycles. The highest BCUT2D eigenvalue weighted by molar-refractivity contribution is 9.10. The van der Waals surface area contributed by atoms with Gasteiger partial charge in [0.2, 0.25) is 0 Å². The van der Waals surface area contributed by atoms with Gasteiger partial charge in [-0.05, 0) is 36.4 Å². The van der Waals surface area contributed by atoms with Crippen LogP contribution >= 0.6 is 27.5 Å². The van der Waals surface area contributed by atoms with E-state index in [0.717, 1.165) is 4.47 Å². The molecule has 0 heterocycles. The van der Waals surface area contributed by atoms with E-state index in [1.54, 1.807) is 24.3 Å². The minimum atomic E-state index is -3.65. The monoisotopic (exact) mass is 372 g/mol. The normalized spacial score (nSPS) is 11.3. The molecule has 6 heteroatoms. The molecule has 2 rings (SSSR count). The van der Waals surface area contributed by atoms with Crippen LogP contribution in [0.4, 0.5) is 0 Å². The summed E-state index contributed by atoms with van der Waals surface area (Å²) in [6.07, 6.45) is 0. The molecular formula is C14H10BrClO3S. The van der Waals surface area contributed by atoms with E-state index in [1.807, 2.05) is 0 Å². The number of carbonyl (C=O) groups is 1. The van der Waals surface area contributed by atoms with Crippen molar-refractivity contribution in [3.05, 3.63) is 63.6 Å². The number of ketones is 1. The van der Waals surface area contributed by atoms with Crippen LogP contribution in [0, 0.1) is 0 Å². The molecule has 0 aromatic heterocycles. The molecule has 0 saturated heterocycles. The molecule has 0 bridgehead atoms. The van der Waals surface area contributed by atoms with Crippen LogP contribution in [0.5, 0.6) is 0 Å². The second-order valence-corrected chi connectivity index (χ2v) is 7.48. The minimum absolute atomic E-state index is 0.0901. The van der Waals surface area contributed by atoms with E-state index < -0.39 is 21.4 Å². The number of hydrogen-bond donors (Lipinski definition) is 0. The van der Waals surface area contributed by atoms with E-state index in [9.17, 15) is 13.2 Å². The molecule has 0 aliphatic rings. The summed E-state index contributed by atoms with van der Waals surface area (Å²) in [6.45, 7) is 0. The third kappa shape index (κ3) is 3.69. The summed E-state index contributed by atoms with van der Waals surface area (Å²) in [5, 5.41) is 0.447. The minimum Gasteiger partial charge on any atom is -0.293 e. The number of sulfone groups is 1. The highest BCUT2D eigenvalue weighted by Crippen LogP contribution is 2.17. The van der Waals surface area contributed by atoms with Gasteiger partial charge >= 0.3 is 0 Å². The smallest absolute Gasteiger partial charge is 0.185 e. The van der Waals surface area contributed by atoms with Crippen molar-refractivity contribution in [1.29, 1.82) is 0 Å². The molecule has 0 aliphatic heterocycles. The number of benzene rings is 2. The average molecular weight is 374 g/mol. The summed E-state index contributed by atoms with van der Waals surface area (Å²) in [7, 11) is -3.65. The second-order valence-electron chi connectivity index (χ2n) is 4.14. The van der Waals surface area contributed by atoms with Crippen molar-refractivity contribution in [3.8, 4) is 0 Å². The first-order valence-electron chi connectivity index (χ1n) is 5.65. The highest BCUT2D eigenvalue weighted by atomic mass is 79.9. The van der Waals surface area contributed by atoms with Crippen molar-refractivity contribution in [2.45, 2.75) is 4.90 Å². The second kappa shape index (κ2) is 6.08. The van der Waals surface area contributed by atoms with Gasteiger partial charge in [0.1, 0.15) is 5.75 Å². The Morgan fingerprint density at radius 3 is 2.10 bits per heavy atom. The van der Waals surface area contributed by atoms with E-state index in [1.165, 1.54) is 24.3 Å². The molecule has 0 unspecified atom stereocenters. The topological polar surface area (TPSA) is 51.2 Å². The molecule has 104 valence electrons. The van der Waals surface area contributed by atoms with Crippen molar-refractivity contribution in [3.63, 3.8) is 0 Å². The van der Waals surface area contributed by atoms with Gasteiger partial charge in [-0.15, -0.1) is 0 Å². The van der Waals surface area contributed by atoms with Gasteiger partial charge in [-0.25, -0.2) is 8.42 Å². The van der Waals surface area contributed by atoms with Crippen molar-refractivity contribution in [2.24, 2.45) is 0 Å². The zero-order valence-corrected chi connectivity index (χ0v) is 13.4. The molecule has 0 fully saturated rings. The molecule has 2 aromatic carbocycles. The predicted molar refractivity (Wildman–Crippen MR) is 82.0 cm³/mol. The van der Waals surface area contributed by atoms with Crippen LogP contribution < -0.4 is 0 Å². The Morgan fingerprint density at radius 1 is 1.00 bits per heavy atom. The van der Waals surface area contributed by atoms with Gasteiger partial charge in [-0.2, -0.15) is 0 Å². The Hall–Kier alpha value is -1.17. The van der Waals surface area contributed by atoms with E-state index >= 15 is 0 Å². The summed E-state index contributed by atoms with van der Waals surface area (Å²) in [4.78, 5) is 12.1. The fourth-order valence-electron chi connectivity index (χ4n) is 1.62. The molecule has 0 atom stereocenters. The standard InChI is InChI=1S/C14H10BrClO3S/c15-11-3-1-10(2-4-11)14(17)9-20(18,19)13-7-5-12(16)6-8-13/h1-8H,9H2. The van der Waals surface area contributed by atoms with Crippen LogP contribution in [0.25, 0.3) is 0 Å². The maximum absolute atomic E-state index is 12.1. The first-order valence-corrected chi connectivity index (χ1v) is 8.48. The van der Waals surface area contributed by atoms with Gasteiger partial charge in [0.15, 0.2) is 15.6 Å². The quantitative estimate of drug-likeness (QED) is 0.767. The molecular weight excluding hydrogens is 364 g/mol. The summed E-state index contributed by atoms with van der Waals surface area (Å²) in [6, 6.07) is 12.3. The maximum atomic E-state index is 12.1. The van der Waals surface area contributed by atoms with E-state index in [4.69, 9.17) is 11.6 Å².